The molecular weight excluding hydrogens is 278 g/mol. The summed E-state index contributed by atoms with van der Waals surface area (Å²) in [6.07, 6.45) is 6.09. The highest BCUT2D eigenvalue weighted by molar-refractivity contribution is 6.04. The van der Waals surface area contributed by atoms with E-state index in [-0.39, 0.29) is 17.2 Å². The first kappa shape index (κ1) is 13.7. The van der Waals surface area contributed by atoms with Crippen molar-refractivity contribution in [2.24, 2.45) is 17.3 Å². The number of aromatic nitrogens is 1. The lowest BCUT2D eigenvalue weighted by molar-refractivity contribution is -0.144. The SMILES string of the molecule is C[C@@H]1C[C@H]1C(=O)N1CCC2(CC1)CN(c1cccnc1)C2=O. The van der Waals surface area contributed by atoms with E-state index in [9.17, 15) is 9.59 Å². The predicted molar refractivity (Wildman–Crippen MR) is 82.1 cm³/mol. The van der Waals surface area contributed by atoms with Crippen molar-refractivity contribution in [1.82, 2.24) is 9.88 Å². The monoisotopic (exact) mass is 299 g/mol. The molecule has 1 aliphatic carbocycles. The third kappa shape index (κ3) is 2.02. The molecule has 3 fully saturated rings. The van der Waals surface area contributed by atoms with Crippen LogP contribution in [0.4, 0.5) is 5.69 Å². The van der Waals surface area contributed by atoms with Gasteiger partial charge in [-0.05, 0) is 37.3 Å². The average Bonchev–Trinajstić information content (AvgIpc) is 3.30. The van der Waals surface area contributed by atoms with E-state index in [1.165, 1.54) is 0 Å². The minimum Gasteiger partial charge on any atom is -0.342 e. The topological polar surface area (TPSA) is 53.5 Å². The first-order valence-electron chi connectivity index (χ1n) is 8.11. The number of hydrogen-bond donors (Lipinski definition) is 0. The van der Waals surface area contributed by atoms with Crippen LogP contribution in [0.5, 0.6) is 0 Å². The third-order valence-electron chi connectivity index (χ3n) is 5.58. The van der Waals surface area contributed by atoms with Gasteiger partial charge < -0.3 is 9.80 Å². The lowest BCUT2D eigenvalue weighted by Gasteiger charge is -2.52. The summed E-state index contributed by atoms with van der Waals surface area (Å²) in [5.74, 6) is 1.30. The Hall–Kier alpha value is -1.91. The quantitative estimate of drug-likeness (QED) is 0.781. The van der Waals surface area contributed by atoms with Crippen LogP contribution in [-0.2, 0) is 9.59 Å². The number of pyridine rings is 1. The molecule has 1 saturated carbocycles. The van der Waals surface area contributed by atoms with Crippen molar-refractivity contribution in [3.63, 3.8) is 0 Å². The summed E-state index contributed by atoms with van der Waals surface area (Å²) in [5.41, 5.74) is 0.644. The van der Waals surface area contributed by atoms with Crippen molar-refractivity contribution in [2.75, 3.05) is 24.5 Å². The van der Waals surface area contributed by atoms with E-state index in [0.717, 1.165) is 44.6 Å². The smallest absolute Gasteiger partial charge is 0.235 e. The number of hydrogen-bond acceptors (Lipinski definition) is 3. The fourth-order valence-corrected chi connectivity index (χ4v) is 3.79. The van der Waals surface area contributed by atoms with Crippen molar-refractivity contribution < 1.29 is 9.59 Å². The van der Waals surface area contributed by atoms with Crippen LogP contribution in [0.2, 0.25) is 0 Å². The molecule has 2 atom stereocenters. The van der Waals surface area contributed by atoms with E-state index in [4.69, 9.17) is 0 Å². The number of piperidine rings is 1. The first-order chi connectivity index (χ1) is 10.6. The molecule has 0 bridgehead atoms. The molecule has 0 aromatic carbocycles. The number of carbonyl (C=O) groups is 2. The van der Waals surface area contributed by atoms with E-state index in [2.05, 4.69) is 11.9 Å². The zero-order valence-electron chi connectivity index (χ0n) is 12.9. The number of rotatable bonds is 2. The van der Waals surface area contributed by atoms with Crippen molar-refractivity contribution in [3.8, 4) is 0 Å². The fraction of sp³-hybridized carbons (Fsp3) is 0.588. The molecule has 1 aromatic heterocycles. The molecule has 0 radical (unpaired) electrons. The summed E-state index contributed by atoms with van der Waals surface area (Å²) in [6, 6.07) is 3.77. The van der Waals surface area contributed by atoms with Gasteiger partial charge in [-0.25, -0.2) is 0 Å². The van der Waals surface area contributed by atoms with Gasteiger partial charge in [0.1, 0.15) is 0 Å². The molecule has 0 N–H and O–H groups in total. The number of carbonyl (C=O) groups excluding carboxylic acids is 2. The van der Waals surface area contributed by atoms with Gasteiger partial charge in [0, 0.05) is 31.7 Å². The molecule has 22 heavy (non-hydrogen) atoms. The number of amides is 2. The maximum absolute atomic E-state index is 12.6. The van der Waals surface area contributed by atoms with Crippen molar-refractivity contribution in [2.45, 2.75) is 26.2 Å². The second-order valence-corrected chi connectivity index (χ2v) is 7.03. The van der Waals surface area contributed by atoms with E-state index >= 15 is 0 Å². The third-order valence-corrected chi connectivity index (χ3v) is 5.58. The Morgan fingerprint density at radius 3 is 2.64 bits per heavy atom. The molecule has 5 nitrogen and oxygen atoms in total. The number of β-lactam (4-membered cyclic amide) rings is 1. The van der Waals surface area contributed by atoms with Crippen molar-refractivity contribution in [1.29, 1.82) is 0 Å². The summed E-state index contributed by atoms with van der Waals surface area (Å²) in [6.45, 7) is 4.36. The highest BCUT2D eigenvalue weighted by atomic mass is 16.2. The van der Waals surface area contributed by atoms with Crippen LogP contribution >= 0.6 is 0 Å². The largest absolute Gasteiger partial charge is 0.342 e. The predicted octanol–water partition coefficient (Wildman–Crippen LogP) is 1.69. The number of nitrogens with zero attached hydrogens (tertiary/aromatic N) is 3. The molecule has 3 aliphatic rings. The van der Waals surface area contributed by atoms with Gasteiger partial charge >= 0.3 is 0 Å². The molecule has 2 saturated heterocycles. The maximum Gasteiger partial charge on any atom is 0.235 e. The van der Waals surface area contributed by atoms with Crippen LogP contribution in [0.15, 0.2) is 24.5 Å². The minimum absolute atomic E-state index is 0.201. The van der Waals surface area contributed by atoms with Crippen molar-refractivity contribution >= 4 is 17.5 Å². The van der Waals surface area contributed by atoms with Crippen LogP contribution in [-0.4, -0.2) is 41.3 Å². The van der Waals surface area contributed by atoms with Crippen LogP contribution < -0.4 is 4.90 Å². The van der Waals surface area contributed by atoms with Gasteiger partial charge in [0.25, 0.3) is 0 Å². The number of likely N-dealkylation sites (tertiary alicyclic amines) is 1. The molecule has 0 unspecified atom stereocenters. The Morgan fingerprint density at radius 2 is 2.09 bits per heavy atom. The van der Waals surface area contributed by atoms with Gasteiger partial charge in [0.15, 0.2) is 0 Å². The summed E-state index contributed by atoms with van der Waals surface area (Å²) < 4.78 is 0. The Morgan fingerprint density at radius 1 is 1.36 bits per heavy atom. The van der Waals surface area contributed by atoms with Crippen LogP contribution in [0.25, 0.3) is 0 Å². The molecule has 3 heterocycles. The van der Waals surface area contributed by atoms with Crippen LogP contribution in [0, 0.1) is 17.3 Å². The van der Waals surface area contributed by atoms with Crippen molar-refractivity contribution in [3.05, 3.63) is 24.5 Å². The van der Waals surface area contributed by atoms with Gasteiger partial charge in [-0.2, -0.15) is 0 Å². The zero-order chi connectivity index (χ0) is 15.3. The van der Waals surface area contributed by atoms with Gasteiger partial charge in [-0.3, -0.25) is 14.6 Å². The molecule has 1 aromatic rings. The molecule has 2 amide bonds. The van der Waals surface area contributed by atoms with E-state index in [1.807, 2.05) is 21.9 Å². The molecule has 116 valence electrons. The van der Waals surface area contributed by atoms with Gasteiger partial charge in [-0.15, -0.1) is 0 Å². The Kier molecular flexibility index (Phi) is 2.99. The molecule has 1 spiro atoms. The zero-order valence-corrected chi connectivity index (χ0v) is 12.9. The summed E-state index contributed by atoms with van der Waals surface area (Å²) >= 11 is 0. The average molecular weight is 299 g/mol. The lowest BCUT2D eigenvalue weighted by Crippen LogP contribution is -2.65. The Labute approximate surface area is 130 Å². The minimum atomic E-state index is -0.234. The summed E-state index contributed by atoms with van der Waals surface area (Å²) in [7, 11) is 0. The second kappa shape index (κ2) is 4.80. The molecular formula is C17H21N3O2. The first-order valence-corrected chi connectivity index (χ1v) is 8.11. The lowest BCUT2D eigenvalue weighted by atomic mass is 9.71. The molecule has 5 heteroatoms. The van der Waals surface area contributed by atoms with E-state index < -0.39 is 0 Å². The van der Waals surface area contributed by atoms with Gasteiger partial charge in [0.05, 0.1) is 17.3 Å². The number of anilines is 1. The van der Waals surface area contributed by atoms with Crippen LogP contribution in [0.3, 0.4) is 0 Å². The highest BCUT2D eigenvalue weighted by Gasteiger charge is 2.54. The van der Waals surface area contributed by atoms with Crippen LogP contribution in [0.1, 0.15) is 26.2 Å². The maximum atomic E-state index is 12.6. The van der Waals surface area contributed by atoms with E-state index in [0.29, 0.717) is 11.8 Å². The van der Waals surface area contributed by atoms with Gasteiger partial charge in [0.2, 0.25) is 11.8 Å². The summed E-state index contributed by atoms with van der Waals surface area (Å²) in [4.78, 5) is 32.7. The normalized spacial score (nSPS) is 29.4. The second-order valence-electron chi connectivity index (χ2n) is 7.03. The molecule has 4 rings (SSSR count). The fourth-order valence-electron chi connectivity index (χ4n) is 3.79. The Bertz CT molecular complexity index is 608. The highest BCUT2D eigenvalue weighted by Crippen LogP contribution is 2.45. The van der Waals surface area contributed by atoms with Gasteiger partial charge in [-0.1, -0.05) is 6.92 Å². The summed E-state index contributed by atoms with van der Waals surface area (Å²) in [5, 5.41) is 0. The Balaban J connectivity index is 1.38. The molecule has 2 aliphatic heterocycles. The van der Waals surface area contributed by atoms with E-state index in [1.54, 1.807) is 12.4 Å². The standard InChI is InChI=1S/C17H21N3O2/c1-12-9-14(12)15(21)19-7-4-17(5-8-19)11-20(16(17)22)13-3-2-6-18-10-13/h2-3,6,10,12,14H,4-5,7-9,11H2,1H3/t12-,14-/m1/s1.